The molecule has 0 heterocycles. The zero-order chi connectivity index (χ0) is 11.7. The van der Waals surface area contributed by atoms with Crippen LogP contribution in [0, 0.1) is 0 Å². The van der Waals surface area contributed by atoms with Gasteiger partial charge in [-0.3, -0.25) is 0 Å². The van der Waals surface area contributed by atoms with Crippen molar-refractivity contribution in [3.8, 4) is 5.75 Å². The van der Waals surface area contributed by atoms with E-state index in [1.165, 1.54) is 37.7 Å². The van der Waals surface area contributed by atoms with Gasteiger partial charge in [-0.25, -0.2) is 0 Å². The summed E-state index contributed by atoms with van der Waals surface area (Å²) in [6.45, 7) is 0. The molecule has 17 heavy (non-hydrogen) atoms. The van der Waals surface area contributed by atoms with Crippen LogP contribution < -0.4 is 4.74 Å². The van der Waals surface area contributed by atoms with Crippen molar-refractivity contribution in [2.24, 2.45) is 0 Å². The molecule has 0 spiro atoms. The molecule has 0 saturated heterocycles. The van der Waals surface area contributed by atoms with Crippen LogP contribution in [0.15, 0.2) is 24.3 Å². The van der Waals surface area contributed by atoms with Crippen LogP contribution in [-0.2, 0) is 0 Å². The van der Waals surface area contributed by atoms with Gasteiger partial charge < -0.3 is 4.74 Å². The lowest BCUT2D eigenvalue weighted by molar-refractivity contribution is 0.303. The number of alkyl halides is 1. The van der Waals surface area contributed by atoms with Crippen LogP contribution in [0.2, 0.25) is 0 Å². The van der Waals surface area contributed by atoms with E-state index in [2.05, 4.69) is 24.3 Å². The SMILES string of the molecule is ClC1CCCCC1c1ccc(OC2CC2)cc1. The highest BCUT2D eigenvalue weighted by Crippen LogP contribution is 2.37. The van der Waals surface area contributed by atoms with Gasteiger partial charge in [0.1, 0.15) is 5.75 Å². The van der Waals surface area contributed by atoms with Gasteiger partial charge in [0, 0.05) is 11.3 Å². The molecule has 2 heteroatoms. The van der Waals surface area contributed by atoms with Crippen molar-refractivity contribution >= 4 is 11.6 Å². The molecule has 0 aliphatic heterocycles. The third-order valence-corrected chi connectivity index (χ3v) is 4.34. The van der Waals surface area contributed by atoms with E-state index in [4.69, 9.17) is 16.3 Å². The molecule has 3 rings (SSSR count). The van der Waals surface area contributed by atoms with Crippen molar-refractivity contribution in [2.75, 3.05) is 0 Å². The molecule has 2 saturated carbocycles. The summed E-state index contributed by atoms with van der Waals surface area (Å²) >= 11 is 6.42. The van der Waals surface area contributed by atoms with Gasteiger partial charge in [0.15, 0.2) is 0 Å². The molecule has 1 aromatic carbocycles. The van der Waals surface area contributed by atoms with E-state index >= 15 is 0 Å². The fourth-order valence-corrected chi connectivity index (χ4v) is 3.06. The Morgan fingerprint density at radius 3 is 2.29 bits per heavy atom. The van der Waals surface area contributed by atoms with E-state index < -0.39 is 0 Å². The summed E-state index contributed by atoms with van der Waals surface area (Å²) in [6.07, 6.45) is 7.91. The van der Waals surface area contributed by atoms with Crippen molar-refractivity contribution in [2.45, 2.75) is 55.9 Å². The summed E-state index contributed by atoms with van der Waals surface area (Å²) < 4.78 is 5.76. The minimum atomic E-state index is 0.318. The molecule has 2 aliphatic rings. The Morgan fingerprint density at radius 2 is 1.65 bits per heavy atom. The molecule has 1 nitrogen and oxygen atoms in total. The first-order valence-corrected chi connectivity index (χ1v) is 7.17. The first kappa shape index (κ1) is 11.4. The molecule has 2 aliphatic carbocycles. The highest BCUT2D eigenvalue weighted by Gasteiger charge is 2.25. The van der Waals surface area contributed by atoms with Gasteiger partial charge in [0.05, 0.1) is 6.10 Å². The van der Waals surface area contributed by atoms with Gasteiger partial charge in [-0.1, -0.05) is 25.0 Å². The quantitative estimate of drug-likeness (QED) is 0.718. The Labute approximate surface area is 108 Å². The second kappa shape index (κ2) is 4.89. The monoisotopic (exact) mass is 250 g/mol. The maximum atomic E-state index is 6.42. The molecule has 0 amide bonds. The van der Waals surface area contributed by atoms with Gasteiger partial charge in [0.2, 0.25) is 0 Å². The Balaban J connectivity index is 1.69. The van der Waals surface area contributed by atoms with Gasteiger partial charge in [-0.05, 0) is 43.4 Å². The molecule has 0 N–H and O–H groups in total. The lowest BCUT2D eigenvalue weighted by Gasteiger charge is -2.27. The summed E-state index contributed by atoms with van der Waals surface area (Å²) in [5.74, 6) is 1.55. The highest BCUT2D eigenvalue weighted by atomic mass is 35.5. The van der Waals surface area contributed by atoms with E-state index in [0.29, 0.717) is 17.4 Å². The van der Waals surface area contributed by atoms with Crippen LogP contribution in [0.1, 0.15) is 50.0 Å². The number of ether oxygens (including phenoxy) is 1. The maximum Gasteiger partial charge on any atom is 0.119 e. The van der Waals surface area contributed by atoms with Crippen LogP contribution >= 0.6 is 11.6 Å². The molecule has 92 valence electrons. The third kappa shape index (κ3) is 2.77. The van der Waals surface area contributed by atoms with Crippen LogP contribution in [0.5, 0.6) is 5.75 Å². The fourth-order valence-electron chi connectivity index (χ4n) is 2.63. The van der Waals surface area contributed by atoms with Crippen LogP contribution in [0.25, 0.3) is 0 Å². The predicted molar refractivity (Wildman–Crippen MR) is 70.9 cm³/mol. The standard InChI is InChI=1S/C15H19ClO/c16-15-4-2-1-3-14(15)11-5-7-12(8-6-11)17-13-9-10-13/h5-8,13-15H,1-4,9-10H2. The van der Waals surface area contributed by atoms with Crippen molar-refractivity contribution in [1.82, 2.24) is 0 Å². The van der Waals surface area contributed by atoms with E-state index in [9.17, 15) is 0 Å². The van der Waals surface area contributed by atoms with Gasteiger partial charge in [-0.2, -0.15) is 0 Å². The molecular formula is C15H19ClO. The molecule has 2 unspecified atom stereocenters. The molecule has 0 aromatic heterocycles. The minimum absolute atomic E-state index is 0.318. The minimum Gasteiger partial charge on any atom is -0.490 e. The Morgan fingerprint density at radius 1 is 0.941 bits per heavy atom. The van der Waals surface area contributed by atoms with Crippen molar-refractivity contribution in [3.63, 3.8) is 0 Å². The number of rotatable bonds is 3. The molecular weight excluding hydrogens is 232 g/mol. The van der Waals surface area contributed by atoms with Crippen LogP contribution in [0.4, 0.5) is 0 Å². The summed E-state index contributed by atoms with van der Waals surface area (Å²) in [4.78, 5) is 0. The molecule has 2 atom stereocenters. The Kier molecular flexibility index (Phi) is 3.28. The number of hydrogen-bond acceptors (Lipinski definition) is 1. The second-order valence-electron chi connectivity index (χ2n) is 5.29. The fraction of sp³-hybridized carbons (Fsp3) is 0.600. The summed E-state index contributed by atoms with van der Waals surface area (Å²) in [5.41, 5.74) is 1.38. The van der Waals surface area contributed by atoms with Crippen molar-refractivity contribution in [3.05, 3.63) is 29.8 Å². The van der Waals surface area contributed by atoms with Crippen molar-refractivity contribution < 1.29 is 4.74 Å². The highest BCUT2D eigenvalue weighted by molar-refractivity contribution is 6.21. The first-order chi connectivity index (χ1) is 8.33. The smallest absolute Gasteiger partial charge is 0.119 e. The van der Waals surface area contributed by atoms with E-state index in [1.807, 2.05) is 0 Å². The number of benzene rings is 1. The lowest BCUT2D eigenvalue weighted by Crippen LogP contribution is -2.17. The first-order valence-electron chi connectivity index (χ1n) is 6.73. The third-order valence-electron chi connectivity index (χ3n) is 3.82. The van der Waals surface area contributed by atoms with E-state index in [-0.39, 0.29) is 0 Å². The normalized spacial score (nSPS) is 29.0. The average molecular weight is 251 g/mol. The summed E-state index contributed by atoms with van der Waals surface area (Å²) in [6, 6.07) is 8.60. The average Bonchev–Trinajstić information content (AvgIpc) is 3.15. The predicted octanol–water partition coefficient (Wildman–Crippen LogP) is 4.49. The Bertz CT molecular complexity index is 369. The maximum absolute atomic E-state index is 6.42. The van der Waals surface area contributed by atoms with Gasteiger partial charge in [-0.15, -0.1) is 11.6 Å². The largest absolute Gasteiger partial charge is 0.490 e. The zero-order valence-electron chi connectivity index (χ0n) is 10.1. The second-order valence-corrected chi connectivity index (χ2v) is 5.85. The van der Waals surface area contributed by atoms with Crippen molar-refractivity contribution in [1.29, 1.82) is 0 Å². The van der Waals surface area contributed by atoms with Gasteiger partial charge in [0.25, 0.3) is 0 Å². The molecule has 0 radical (unpaired) electrons. The number of hydrogen-bond donors (Lipinski definition) is 0. The van der Waals surface area contributed by atoms with Gasteiger partial charge >= 0.3 is 0 Å². The van der Waals surface area contributed by atoms with E-state index in [1.54, 1.807) is 0 Å². The molecule has 0 bridgehead atoms. The summed E-state index contributed by atoms with van der Waals surface area (Å²) in [5, 5.41) is 0.318. The Hall–Kier alpha value is -0.690. The lowest BCUT2D eigenvalue weighted by atomic mass is 9.84. The molecule has 2 fully saturated rings. The van der Waals surface area contributed by atoms with Crippen LogP contribution in [-0.4, -0.2) is 11.5 Å². The van der Waals surface area contributed by atoms with E-state index in [0.717, 1.165) is 12.2 Å². The number of halogens is 1. The zero-order valence-corrected chi connectivity index (χ0v) is 10.8. The summed E-state index contributed by atoms with van der Waals surface area (Å²) in [7, 11) is 0. The topological polar surface area (TPSA) is 9.23 Å². The molecule has 1 aromatic rings. The van der Waals surface area contributed by atoms with Crippen LogP contribution in [0.3, 0.4) is 0 Å².